The first-order valence-electron chi connectivity index (χ1n) is 16.1. The van der Waals surface area contributed by atoms with Crippen molar-refractivity contribution in [3.05, 3.63) is 155 Å². The lowest BCUT2D eigenvalue weighted by Crippen LogP contribution is -2.12. The molecular formula is C40H38Br2Cl2N6O. The van der Waals surface area contributed by atoms with Crippen LogP contribution in [0.15, 0.2) is 111 Å². The molecule has 11 heteroatoms. The van der Waals surface area contributed by atoms with Gasteiger partial charge in [-0.2, -0.15) is 4.73 Å². The molecule has 4 N–H and O–H groups in total. The van der Waals surface area contributed by atoms with Crippen LogP contribution in [0.25, 0.3) is 0 Å². The van der Waals surface area contributed by atoms with Crippen molar-refractivity contribution in [3.63, 3.8) is 0 Å². The number of nitrogens with one attached hydrogen (secondary N) is 3. The Kier molecular flexibility index (Phi) is 12.5. The number of aromatic nitrogens is 2. The summed E-state index contributed by atoms with van der Waals surface area (Å²) in [6.07, 6.45) is 3.36. The third-order valence-corrected chi connectivity index (χ3v) is 9.64. The van der Waals surface area contributed by atoms with Crippen molar-refractivity contribution < 1.29 is 5.21 Å². The van der Waals surface area contributed by atoms with E-state index < -0.39 is 0 Å². The van der Waals surface area contributed by atoms with Crippen molar-refractivity contribution >= 4 is 95.1 Å². The predicted molar refractivity (Wildman–Crippen MR) is 221 cm³/mol. The molecule has 4 aromatic carbocycles. The van der Waals surface area contributed by atoms with Gasteiger partial charge in [-0.05, 0) is 144 Å². The number of halogens is 4. The molecule has 0 fully saturated rings. The van der Waals surface area contributed by atoms with Crippen molar-refractivity contribution in [2.45, 2.75) is 41.5 Å². The average Bonchev–Trinajstić information content (AvgIpc) is 3.06. The number of aryl methyl sites for hydroxylation is 6. The minimum absolute atomic E-state index is 0.497. The summed E-state index contributed by atoms with van der Waals surface area (Å²) in [6, 6.07) is 27.2. The molecule has 0 radical (unpaired) electrons. The number of hydrogen-bond acceptors (Lipinski definition) is 6. The van der Waals surface area contributed by atoms with Crippen LogP contribution >= 0.6 is 55.1 Å². The van der Waals surface area contributed by atoms with Gasteiger partial charge in [0.2, 0.25) is 0 Å². The van der Waals surface area contributed by atoms with Gasteiger partial charge in [0.1, 0.15) is 11.6 Å². The minimum Gasteiger partial charge on any atom is -0.427 e. The van der Waals surface area contributed by atoms with E-state index in [2.05, 4.69) is 119 Å². The molecule has 0 aliphatic carbocycles. The van der Waals surface area contributed by atoms with Crippen LogP contribution in [-0.2, 0) is 0 Å². The second-order valence-electron chi connectivity index (χ2n) is 12.3. The fourth-order valence-corrected chi connectivity index (χ4v) is 6.60. The van der Waals surface area contributed by atoms with Crippen LogP contribution < -0.4 is 21.3 Å². The molecule has 6 aromatic rings. The summed E-state index contributed by atoms with van der Waals surface area (Å²) in [7, 11) is 0. The van der Waals surface area contributed by atoms with Gasteiger partial charge in [0.05, 0.1) is 31.9 Å². The van der Waals surface area contributed by atoms with Gasteiger partial charge in [0.15, 0.2) is 0 Å². The molecule has 0 aliphatic heterocycles. The smallest absolute Gasteiger partial charge is 0.148 e. The Morgan fingerprint density at radius 3 is 1.71 bits per heavy atom. The molecule has 6 rings (SSSR count). The maximum absolute atomic E-state index is 10.2. The molecule has 0 unspecified atom stereocenters. The first-order valence-corrected chi connectivity index (χ1v) is 18.4. The number of rotatable bonds is 7. The minimum atomic E-state index is 0.497. The van der Waals surface area contributed by atoms with E-state index in [-0.39, 0.29) is 0 Å². The number of benzene rings is 4. The normalized spacial score (nSPS) is 11.1. The van der Waals surface area contributed by atoms with Crippen LogP contribution in [-0.4, -0.2) is 14.9 Å². The number of nitrogens with zero attached hydrogens (tertiary/aromatic N) is 3. The Labute approximate surface area is 325 Å². The van der Waals surface area contributed by atoms with Gasteiger partial charge >= 0.3 is 0 Å². The van der Waals surface area contributed by atoms with E-state index in [1.807, 2.05) is 42.5 Å². The van der Waals surface area contributed by atoms with E-state index in [1.54, 1.807) is 30.6 Å². The molecule has 2 heterocycles. The zero-order chi connectivity index (χ0) is 36.8. The number of hydrogen-bond donors (Lipinski definition) is 4. The average molecular weight is 849 g/mol. The molecule has 0 aliphatic rings. The number of pyridine rings is 2. The van der Waals surface area contributed by atoms with E-state index in [0.29, 0.717) is 20.3 Å². The van der Waals surface area contributed by atoms with E-state index in [9.17, 15) is 5.21 Å². The summed E-state index contributed by atoms with van der Waals surface area (Å²) in [6.45, 7) is 12.5. The largest absolute Gasteiger partial charge is 0.427 e. The summed E-state index contributed by atoms with van der Waals surface area (Å²) in [5.74, 6) is 1.26. The molecule has 0 amide bonds. The lowest BCUT2D eigenvalue weighted by Gasteiger charge is -2.16. The van der Waals surface area contributed by atoms with Crippen molar-refractivity contribution in [1.82, 2.24) is 9.71 Å². The van der Waals surface area contributed by atoms with Crippen LogP contribution in [0.1, 0.15) is 33.4 Å². The highest BCUT2D eigenvalue weighted by Gasteiger charge is 2.10. The van der Waals surface area contributed by atoms with Crippen molar-refractivity contribution in [2.24, 2.45) is 4.99 Å². The molecular weight excluding hydrogens is 811 g/mol. The SMILES string of the molecule is Cc1cc(C)c(N=c2cc(Nc3ccc(Cl)cc3)n(O)cc2Br)c(C)c1.Cc1cc(C)c(Nc2cc(Nc3ccc(Cl)cc3)ncc2Br)c(C)c1. The third-order valence-electron chi connectivity index (χ3n) is 7.89. The number of anilines is 6. The van der Waals surface area contributed by atoms with E-state index in [0.717, 1.165) is 59.9 Å². The second kappa shape index (κ2) is 16.8. The molecule has 0 saturated heterocycles. The third kappa shape index (κ3) is 10.2. The molecule has 0 spiro atoms. The summed E-state index contributed by atoms with van der Waals surface area (Å²) >= 11 is 18.9. The predicted octanol–water partition coefficient (Wildman–Crippen LogP) is 13.0. The first-order chi connectivity index (χ1) is 24.2. The molecule has 0 saturated carbocycles. The molecule has 51 heavy (non-hydrogen) atoms. The van der Waals surface area contributed by atoms with Gasteiger partial charge < -0.3 is 21.2 Å². The first kappa shape index (κ1) is 38.0. The lowest BCUT2D eigenvalue weighted by atomic mass is 10.0. The Morgan fingerprint density at radius 1 is 0.647 bits per heavy atom. The molecule has 262 valence electrons. The molecule has 0 bridgehead atoms. The molecule has 0 atom stereocenters. The Bertz CT molecular complexity index is 2210. The Balaban J connectivity index is 0.000000198. The molecule has 2 aromatic heterocycles. The Hall–Kier alpha value is -4.28. The fraction of sp³-hybridized carbons (Fsp3) is 0.150. The van der Waals surface area contributed by atoms with Gasteiger partial charge in [-0.25, -0.2) is 9.98 Å². The monoisotopic (exact) mass is 846 g/mol. The van der Waals surface area contributed by atoms with Gasteiger partial charge in [0.25, 0.3) is 0 Å². The zero-order valence-electron chi connectivity index (χ0n) is 29.0. The van der Waals surface area contributed by atoms with Crippen molar-refractivity contribution in [1.29, 1.82) is 0 Å². The van der Waals surface area contributed by atoms with E-state index in [1.165, 1.54) is 22.3 Å². The van der Waals surface area contributed by atoms with Crippen molar-refractivity contribution in [2.75, 3.05) is 16.0 Å². The fourth-order valence-electron chi connectivity index (χ4n) is 5.63. The highest BCUT2D eigenvalue weighted by molar-refractivity contribution is 9.10. The van der Waals surface area contributed by atoms with E-state index >= 15 is 0 Å². The van der Waals surface area contributed by atoms with Crippen LogP contribution in [0.5, 0.6) is 0 Å². The van der Waals surface area contributed by atoms with Crippen molar-refractivity contribution in [3.8, 4) is 0 Å². The maximum Gasteiger partial charge on any atom is 0.148 e. The van der Waals surface area contributed by atoms with Gasteiger partial charge in [-0.3, -0.25) is 0 Å². The van der Waals surface area contributed by atoms with Crippen LogP contribution in [0.2, 0.25) is 10.0 Å². The molecule has 7 nitrogen and oxygen atoms in total. The highest BCUT2D eigenvalue weighted by Crippen LogP contribution is 2.32. The van der Waals surface area contributed by atoms with Crippen LogP contribution in [0, 0.1) is 41.5 Å². The topological polar surface area (TPSA) is 86.5 Å². The second-order valence-corrected chi connectivity index (χ2v) is 14.9. The van der Waals surface area contributed by atoms with Crippen LogP contribution in [0.4, 0.5) is 40.1 Å². The highest BCUT2D eigenvalue weighted by atomic mass is 79.9. The lowest BCUT2D eigenvalue weighted by molar-refractivity contribution is 0.189. The summed E-state index contributed by atoms with van der Waals surface area (Å²) < 4.78 is 2.63. The summed E-state index contributed by atoms with van der Waals surface area (Å²) in [5, 5.41) is 22.3. The Morgan fingerprint density at radius 2 is 1.16 bits per heavy atom. The standard InChI is InChI=1S/C20H19BrClN3O.C20H19BrClN3/c1-12-8-13(2)20(14(3)9-12)24-18-10-19(25(26)11-17(18)21)23-16-6-4-15(22)5-7-16;1-12-8-13(2)20(14(3)9-12)25-18-10-19(23-11-17(18)21)24-16-6-4-15(22)5-7-16/h4-11,23,26H,1-3H3;4-11H,1-3H3,(H2,23,24,25). The quantitative estimate of drug-likeness (QED) is 0.120. The van der Waals surface area contributed by atoms with Crippen LogP contribution in [0.3, 0.4) is 0 Å². The van der Waals surface area contributed by atoms with Gasteiger partial charge in [-0.1, -0.05) is 58.6 Å². The summed E-state index contributed by atoms with van der Waals surface area (Å²) in [5.41, 5.74) is 11.9. The van der Waals surface area contributed by atoms with E-state index in [4.69, 9.17) is 28.2 Å². The maximum atomic E-state index is 10.2. The van der Waals surface area contributed by atoms with Gasteiger partial charge in [0, 0.05) is 45.4 Å². The zero-order valence-corrected chi connectivity index (χ0v) is 33.7. The summed E-state index contributed by atoms with van der Waals surface area (Å²) in [4.78, 5) is 9.23. The van der Waals surface area contributed by atoms with Gasteiger partial charge in [-0.15, -0.1) is 0 Å².